The molecule has 0 unspecified atom stereocenters. The number of aromatic nitrogens is 5. The minimum Gasteiger partial charge on any atom is -0.364 e. The van der Waals surface area contributed by atoms with Gasteiger partial charge in [0.2, 0.25) is 5.72 Å². The lowest BCUT2D eigenvalue weighted by molar-refractivity contribution is -0.0295. The van der Waals surface area contributed by atoms with Crippen LogP contribution in [0.1, 0.15) is 5.56 Å². The number of rotatable bonds is 4. The number of benzene rings is 1. The average molecular weight is 291 g/mol. The van der Waals surface area contributed by atoms with E-state index in [9.17, 15) is 13.9 Å². The zero-order chi connectivity index (χ0) is 14.9. The van der Waals surface area contributed by atoms with Gasteiger partial charge in [-0.25, -0.2) is 18.4 Å². The Hall–Kier alpha value is -2.61. The van der Waals surface area contributed by atoms with Gasteiger partial charge in [0.15, 0.2) is 0 Å². The summed E-state index contributed by atoms with van der Waals surface area (Å²) in [5, 5.41) is 18.8. The molecule has 3 aromatic rings. The standard InChI is InChI=1S/C13H11F2N5O/c14-10-2-3-11(12(15)6-10)13(21,20-9-16-8-18-20)7-19-5-1-4-17-19/h1-6,8-9,21H,7H2/t13-/m1/s1. The van der Waals surface area contributed by atoms with Crippen molar-refractivity contribution in [1.82, 2.24) is 24.5 Å². The van der Waals surface area contributed by atoms with Gasteiger partial charge in [-0.3, -0.25) is 4.68 Å². The molecule has 0 fully saturated rings. The highest BCUT2D eigenvalue weighted by Crippen LogP contribution is 2.27. The lowest BCUT2D eigenvalue weighted by Crippen LogP contribution is -2.40. The summed E-state index contributed by atoms with van der Waals surface area (Å²) in [6, 6.07) is 4.63. The molecular weight excluding hydrogens is 280 g/mol. The van der Waals surface area contributed by atoms with Crippen LogP contribution in [0.3, 0.4) is 0 Å². The molecule has 0 aliphatic heterocycles. The molecule has 0 bridgehead atoms. The van der Waals surface area contributed by atoms with E-state index in [0.717, 1.165) is 10.7 Å². The summed E-state index contributed by atoms with van der Waals surface area (Å²) in [5.41, 5.74) is -2.00. The maximum Gasteiger partial charge on any atom is 0.208 e. The van der Waals surface area contributed by atoms with Crippen LogP contribution in [0.5, 0.6) is 0 Å². The number of hydrogen-bond acceptors (Lipinski definition) is 4. The first-order valence-corrected chi connectivity index (χ1v) is 6.10. The van der Waals surface area contributed by atoms with Gasteiger partial charge in [-0.1, -0.05) is 0 Å². The van der Waals surface area contributed by atoms with Crippen LogP contribution < -0.4 is 0 Å². The van der Waals surface area contributed by atoms with E-state index in [0.29, 0.717) is 6.07 Å². The molecule has 2 aromatic heterocycles. The molecule has 108 valence electrons. The fourth-order valence-electron chi connectivity index (χ4n) is 2.11. The van der Waals surface area contributed by atoms with E-state index in [4.69, 9.17) is 0 Å². The monoisotopic (exact) mass is 291 g/mol. The molecule has 1 aromatic carbocycles. The van der Waals surface area contributed by atoms with Crippen molar-refractivity contribution >= 4 is 0 Å². The van der Waals surface area contributed by atoms with Crippen molar-refractivity contribution in [3.05, 3.63) is 66.5 Å². The van der Waals surface area contributed by atoms with Crippen molar-refractivity contribution in [2.45, 2.75) is 12.3 Å². The maximum absolute atomic E-state index is 14.1. The third-order valence-electron chi connectivity index (χ3n) is 3.10. The van der Waals surface area contributed by atoms with Crippen LogP contribution in [-0.4, -0.2) is 29.7 Å². The Balaban J connectivity index is 2.12. The van der Waals surface area contributed by atoms with Crippen molar-refractivity contribution in [3.63, 3.8) is 0 Å². The van der Waals surface area contributed by atoms with Crippen molar-refractivity contribution in [1.29, 1.82) is 0 Å². The Morgan fingerprint density at radius 2 is 2.10 bits per heavy atom. The quantitative estimate of drug-likeness (QED) is 0.783. The zero-order valence-electron chi connectivity index (χ0n) is 10.8. The van der Waals surface area contributed by atoms with Crippen LogP contribution in [-0.2, 0) is 12.3 Å². The van der Waals surface area contributed by atoms with Crippen molar-refractivity contribution in [3.8, 4) is 0 Å². The molecule has 1 atom stereocenters. The second kappa shape index (κ2) is 5.06. The first-order valence-electron chi connectivity index (χ1n) is 6.10. The van der Waals surface area contributed by atoms with Crippen molar-refractivity contribution in [2.24, 2.45) is 0 Å². The van der Waals surface area contributed by atoms with E-state index in [2.05, 4.69) is 15.2 Å². The molecular formula is C13H11F2N5O. The molecule has 1 N–H and O–H groups in total. The molecule has 0 saturated heterocycles. The SMILES string of the molecule is O[C@](Cn1cccn1)(c1ccc(F)cc1F)n1cncn1. The van der Waals surface area contributed by atoms with Gasteiger partial charge in [-0.15, -0.1) is 0 Å². The fraction of sp³-hybridized carbons (Fsp3) is 0.154. The average Bonchev–Trinajstić information content (AvgIpc) is 3.11. The van der Waals surface area contributed by atoms with Gasteiger partial charge >= 0.3 is 0 Å². The van der Waals surface area contributed by atoms with E-state index in [1.54, 1.807) is 12.3 Å². The Bertz CT molecular complexity index is 729. The maximum atomic E-state index is 14.1. The molecule has 0 radical (unpaired) electrons. The molecule has 2 heterocycles. The van der Waals surface area contributed by atoms with Gasteiger partial charge in [-0.2, -0.15) is 10.2 Å². The van der Waals surface area contributed by atoms with Gasteiger partial charge in [0.25, 0.3) is 0 Å². The third-order valence-corrected chi connectivity index (χ3v) is 3.10. The summed E-state index contributed by atoms with van der Waals surface area (Å²) in [4.78, 5) is 3.76. The second-order valence-electron chi connectivity index (χ2n) is 4.48. The predicted octanol–water partition coefficient (Wildman–Crippen LogP) is 1.15. The highest BCUT2D eigenvalue weighted by Gasteiger charge is 2.36. The van der Waals surface area contributed by atoms with Crippen LogP contribution >= 0.6 is 0 Å². The fourth-order valence-corrected chi connectivity index (χ4v) is 2.11. The summed E-state index contributed by atoms with van der Waals surface area (Å²) in [5.74, 6) is -1.60. The Morgan fingerprint density at radius 3 is 2.71 bits per heavy atom. The highest BCUT2D eigenvalue weighted by molar-refractivity contribution is 5.25. The summed E-state index contributed by atoms with van der Waals surface area (Å²) in [7, 11) is 0. The molecule has 3 rings (SSSR count). The van der Waals surface area contributed by atoms with Gasteiger partial charge in [0.05, 0.1) is 6.54 Å². The number of nitrogens with zero attached hydrogens (tertiary/aromatic N) is 5. The molecule has 8 heteroatoms. The van der Waals surface area contributed by atoms with E-state index in [1.807, 2.05) is 0 Å². The van der Waals surface area contributed by atoms with Crippen LogP contribution in [0.2, 0.25) is 0 Å². The van der Waals surface area contributed by atoms with Gasteiger partial charge in [0.1, 0.15) is 24.3 Å². The molecule has 0 aliphatic rings. The summed E-state index contributed by atoms with van der Waals surface area (Å²) in [6.45, 7) is -0.105. The predicted molar refractivity (Wildman–Crippen MR) is 67.9 cm³/mol. The third kappa shape index (κ3) is 2.40. The largest absolute Gasteiger partial charge is 0.364 e. The van der Waals surface area contributed by atoms with E-state index in [-0.39, 0.29) is 12.1 Å². The molecule has 0 aliphatic carbocycles. The number of halogens is 2. The topological polar surface area (TPSA) is 68.8 Å². The van der Waals surface area contributed by atoms with Crippen LogP contribution in [0.4, 0.5) is 8.78 Å². The molecule has 0 saturated carbocycles. The Morgan fingerprint density at radius 1 is 1.24 bits per heavy atom. The second-order valence-corrected chi connectivity index (χ2v) is 4.48. The van der Waals surface area contributed by atoms with E-state index >= 15 is 0 Å². The minimum atomic E-state index is -1.87. The zero-order valence-corrected chi connectivity index (χ0v) is 10.8. The van der Waals surface area contributed by atoms with Gasteiger partial charge in [0, 0.05) is 24.0 Å². The summed E-state index contributed by atoms with van der Waals surface area (Å²) < 4.78 is 29.7. The van der Waals surface area contributed by atoms with Crippen LogP contribution in [0.15, 0.2) is 49.3 Å². The number of aliphatic hydroxyl groups is 1. The number of hydrogen-bond donors (Lipinski definition) is 1. The van der Waals surface area contributed by atoms with Crippen LogP contribution in [0, 0.1) is 11.6 Å². The molecule has 21 heavy (non-hydrogen) atoms. The van der Waals surface area contributed by atoms with Crippen molar-refractivity contribution < 1.29 is 13.9 Å². The Kier molecular flexibility index (Phi) is 3.22. The molecule has 6 nitrogen and oxygen atoms in total. The normalized spacial score (nSPS) is 14.0. The van der Waals surface area contributed by atoms with Gasteiger partial charge in [-0.05, 0) is 18.2 Å². The van der Waals surface area contributed by atoms with E-state index in [1.165, 1.54) is 29.6 Å². The van der Waals surface area contributed by atoms with Crippen LogP contribution in [0.25, 0.3) is 0 Å². The first-order chi connectivity index (χ1) is 10.1. The lowest BCUT2D eigenvalue weighted by atomic mass is 10.0. The molecule has 0 amide bonds. The first kappa shape index (κ1) is 13.4. The summed E-state index contributed by atoms with van der Waals surface area (Å²) >= 11 is 0. The minimum absolute atomic E-state index is 0.105. The van der Waals surface area contributed by atoms with E-state index < -0.39 is 17.4 Å². The van der Waals surface area contributed by atoms with Gasteiger partial charge < -0.3 is 5.11 Å². The summed E-state index contributed by atoms with van der Waals surface area (Å²) in [6.07, 6.45) is 5.62. The Labute approximate surface area is 118 Å². The highest BCUT2D eigenvalue weighted by atomic mass is 19.1. The lowest BCUT2D eigenvalue weighted by Gasteiger charge is -2.28. The van der Waals surface area contributed by atoms with Crippen molar-refractivity contribution in [2.75, 3.05) is 0 Å². The smallest absolute Gasteiger partial charge is 0.208 e. The molecule has 0 spiro atoms.